The number of benzene rings is 1. The molecule has 2 aliphatic rings. The lowest BCUT2D eigenvalue weighted by Crippen LogP contribution is -2.35. The minimum atomic E-state index is -3.55. The van der Waals surface area contributed by atoms with Gasteiger partial charge in [-0.05, 0) is 42.9 Å². The number of hydrogen-bond donors (Lipinski definition) is 2. The van der Waals surface area contributed by atoms with E-state index in [9.17, 15) is 18.5 Å². The van der Waals surface area contributed by atoms with Gasteiger partial charge in [0.05, 0.1) is 16.4 Å². The molecule has 1 aromatic rings. The fourth-order valence-electron chi connectivity index (χ4n) is 3.11. The molecule has 1 aliphatic heterocycles. The monoisotopic (exact) mass is 348 g/mol. The summed E-state index contributed by atoms with van der Waals surface area (Å²) >= 11 is 0. The predicted octanol–water partition coefficient (Wildman–Crippen LogP) is 0.921. The third-order valence-corrected chi connectivity index (χ3v) is 6.70. The zero-order valence-electron chi connectivity index (χ0n) is 13.2. The Hall–Kier alpha value is -2.11. The topological polar surface area (TPSA) is 116 Å². The Bertz CT molecular complexity index is 779. The van der Waals surface area contributed by atoms with Crippen molar-refractivity contribution in [1.29, 1.82) is 5.26 Å². The van der Waals surface area contributed by atoms with Gasteiger partial charge in [-0.25, -0.2) is 13.2 Å². The third kappa shape index (κ3) is 3.09. The van der Waals surface area contributed by atoms with Gasteiger partial charge in [0, 0.05) is 19.6 Å². The van der Waals surface area contributed by atoms with E-state index in [4.69, 9.17) is 5.73 Å². The van der Waals surface area contributed by atoms with E-state index in [0.717, 1.165) is 18.4 Å². The Labute approximate surface area is 141 Å². The normalized spacial score (nSPS) is 22.7. The number of urea groups is 1. The van der Waals surface area contributed by atoms with Crippen LogP contribution in [0, 0.1) is 17.2 Å². The smallest absolute Gasteiger partial charge is 0.312 e. The average molecular weight is 348 g/mol. The lowest BCUT2D eigenvalue weighted by molar-refractivity contribution is 0.247. The Morgan fingerprint density at radius 1 is 1.38 bits per heavy atom. The van der Waals surface area contributed by atoms with Crippen molar-refractivity contribution in [2.75, 3.05) is 19.6 Å². The minimum Gasteiger partial charge on any atom is -0.352 e. The molecule has 0 radical (unpaired) electrons. The standard InChI is InChI=1S/C16H20N4O3S/c17-11-16(6-7-16)13-1-3-14(4-2-13)24(22,23)20-8-5-12(10-20)9-19-15(18)21/h1-4,12H,5-10H2,(H3,18,19,21). The first-order valence-electron chi connectivity index (χ1n) is 7.93. The Kier molecular flexibility index (Phi) is 4.24. The van der Waals surface area contributed by atoms with Crippen LogP contribution in [0.5, 0.6) is 0 Å². The molecular weight excluding hydrogens is 328 g/mol. The summed E-state index contributed by atoms with van der Waals surface area (Å²) in [6.07, 6.45) is 2.35. The number of sulfonamides is 1. The van der Waals surface area contributed by atoms with Gasteiger partial charge in [-0.3, -0.25) is 0 Å². The van der Waals surface area contributed by atoms with Crippen LogP contribution < -0.4 is 11.1 Å². The molecule has 1 unspecified atom stereocenters. The zero-order chi connectivity index (χ0) is 17.4. The van der Waals surface area contributed by atoms with Crippen molar-refractivity contribution < 1.29 is 13.2 Å². The van der Waals surface area contributed by atoms with Crippen LogP contribution in [0.25, 0.3) is 0 Å². The van der Waals surface area contributed by atoms with Crippen molar-refractivity contribution in [3.63, 3.8) is 0 Å². The largest absolute Gasteiger partial charge is 0.352 e. The van der Waals surface area contributed by atoms with Crippen LogP contribution in [-0.2, 0) is 15.4 Å². The van der Waals surface area contributed by atoms with Crippen LogP contribution in [0.15, 0.2) is 29.2 Å². The highest BCUT2D eigenvalue weighted by atomic mass is 32.2. The van der Waals surface area contributed by atoms with E-state index >= 15 is 0 Å². The number of rotatable bonds is 5. The molecule has 8 heteroatoms. The van der Waals surface area contributed by atoms with Gasteiger partial charge in [0.15, 0.2) is 0 Å². The predicted molar refractivity (Wildman–Crippen MR) is 87.4 cm³/mol. The maximum atomic E-state index is 12.7. The molecule has 1 saturated heterocycles. The summed E-state index contributed by atoms with van der Waals surface area (Å²) in [5.74, 6) is 0.0693. The fraction of sp³-hybridized carbons (Fsp3) is 0.500. The Morgan fingerprint density at radius 2 is 2.04 bits per heavy atom. The van der Waals surface area contributed by atoms with Gasteiger partial charge in [-0.2, -0.15) is 9.57 Å². The Morgan fingerprint density at radius 3 is 2.58 bits per heavy atom. The molecule has 1 aliphatic carbocycles. The van der Waals surface area contributed by atoms with E-state index in [-0.39, 0.29) is 10.8 Å². The summed E-state index contributed by atoms with van der Waals surface area (Å²) in [4.78, 5) is 11.0. The summed E-state index contributed by atoms with van der Waals surface area (Å²) in [5, 5.41) is 11.7. The lowest BCUT2D eigenvalue weighted by Gasteiger charge is -2.17. The van der Waals surface area contributed by atoms with Crippen LogP contribution in [0.4, 0.5) is 4.79 Å². The van der Waals surface area contributed by atoms with E-state index in [0.29, 0.717) is 26.1 Å². The molecule has 1 atom stereocenters. The van der Waals surface area contributed by atoms with E-state index in [1.165, 1.54) is 4.31 Å². The number of carbonyl (C=O) groups is 1. The van der Waals surface area contributed by atoms with E-state index in [2.05, 4.69) is 11.4 Å². The summed E-state index contributed by atoms with van der Waals surface area (Å²) < 4.78 is 26.9. The summed E-state index contributed by atoms with van der Waals surface area (Å²) in [6.45, 7) is 1.18. The van der Waals surface area contributed by atoms with Crippen LogP contribution in [0.2, 0.25) is 0 Å². The van der Waals surface area contributed by atoms with Crippen molar-refractivity contribution in [3.05, 3.63) is 29.8 Å². The van der Waals surface area contributed by atoms with Crippen molar-refractivity contribution >= 4 is 16.1 Å². The number of nitrogens with one attached hydrogen (secondary N) is 1. The number of carbonyl (C=O) groups excluding carboxylic acids is 1. The van der Waals surface area contributed by atoms with Crippen LogP contribution in [0.3, 0.4) is 0 Å². The molecule has 1 saturated carbocycles. The van der Waals surface area contributed by atoms with Gasteiger partial charge in [0.1, 0.15) is 0 Å². The first-order valence-corrected chi connectivity index (χ1v) is 9.37. The maximum Gasteiger partial charge on any atom is 0.312 e. The van der Waals surface area contributed by atoms with Crippen LogP contribution >= 0.6 is 0 Å². The Balaban J connectivity index is 1.70. The highest BCUT2D eigenvalue weighted by Gasteiger charge is 2.45. The molecule has 0 bridgehead atoms. The number of primary amides is 1. The van der Waals surface area contributed by atoms with Crippen LogP contribution in [0.1, 0.15) is 24.8 Å². The molecule has 3 N–H and O–H groups in total. The zero-order valence-corrected chi connectivity index (χ0v) is 14.1. The first-order chi connectivity index (χ1) is 11.4. The second kappa shape index (κ2) is 6.07. The second-order valence-corrected chi connectivity index (χ2v) is 8.42. The van der Waals surface area contributed by atoms with Gasteiger partial charge < -0.3 is 11.1 Å². The lowest BCUT2D eigenvalue weighted by atomic mass is 9.98. The highest BCUT2D eigenvalue weighted by molar-refractivity contribution is 7.89. The van der Waals surface area contributed by atoms with E-state index in [1.54, 1.807) is 24.3 Å². The highest BCUT2D eigenvalue weighted by Crippen LogP contribution is 2.47. The summed E-state index contributed by atoms with van der Waals surface area (Å²) in [7, 11) is -3.55. The average Bonchev–Trinajstić information content (AvgIpc) is 3.22. The number of nitrogens with two attached hydrogens (primary N) is 1. The van der Waals surface area contributed by atoms with Crippen molar-refractivity contribution in [3.8, 4) is 6.07 Å². The van der Waals surface area contributed by atoms with E-state index in [1.807, 2.05) is 0 Å². The van der Waals surface area contributed by atoms with Gasteiger partial charge >= 0.3 is 6.03 Å². The number of hydrogen-bond acceptors (Lipinski definition) is 4. The number of nitrogens with zero attached hydrogens (tertiary/aromatic N) is 2. The molecular formula is C16H20N4O3S. The third-order valence-electron chi connectivity index (χ3n) is 4.82. The fourth-order valence-corrected chi connectivity index (χ4v) is 4.64. The maximum absolute atomic E-state index is 12.7. The summed E-state index contributed by atoms with van der Waals surface area (Å²) in [5.41, 5.74) is 5.51. The molecule has 128 valence electrons. The van der Waals surface area contributed by atoms with Gasteiger partial charge in [0.25, 0.3) is 0 Å². The first kappa shape index (κ1) is 16.7. The number of amides is 2. The molecule has 24 heavy (non-hydrogen) atoms. The molecule has 0 spiro atoms. The SMILES string of the molecule is N#CC1(c2ccc(S(=O)(=O)N3CCC(CNC(N)=O)C3)cc2)CC1. The molecule has 3 rings (SSSR count). The minimum absolute atomic E-state index is 0.0693. The quantitative estimate of drug-likeness (QED) is 0.823. The van der Waals surface area contributed by atoms with E-state index < -0.39 is 21.5 Å². The van der Waals surface area contributed by atoms with Gasteiger partial charge in [0.2, 0.25) is 10.0 Å². The van der Waals surface area contributed by atoms with Gasteiger partial charge in [-0.1, -0.05) is 12.1 Å². The molecule has 7 nitrogen and oxygen atoms in total. The summed E-state index contributed by atoms with van der Waals surface area (Å²) in [6, 6.07) is 8.35. The van der Waals surface area contributed by atoms with Crippen LogP contribution in [-0.4, -0.2) is 38.4 Å². The van der Waals surface area contributed by atoms with Crippen molar-refractivity contribution in [1.82, 2.24) is 9.62 Å². The second-order valence-electron chi connectivity index (χ2n) is 6.48. The van der Waals surface area contributed by atoms with Crippen molar-refractivity contribution in [2.45, 2.75) is 29.6 Å². The molecule has 1 aromatic carbocycles. The molecule has 2 fully saturated rings. The molecule has 1 heterocycles. The van der Waals surface area contributed by atoms with Gasteiger partial charge in [-0.15, -0.1) is 0 Å². The molecule has 2 amide bonds. The number of nitriles is 1. The van der Waals surface area contributed by atoms with Crippen molar-refractivity contribution in [2.24, 2.45) is 11.7 Å². The molecule has 0 aromatic heterocycles.